The number of carbonyl (C=O) groups excluding carboxylic acids is 2. The minimum absolute atomic E-state index is 0.0968. The van der Waals surface area contributed by atoms with Gasteiger partial charge in [-0.05, 0) is 43.7 Å². The molecular formula is C17H23N3O2S. The summed E-state index contributed by atoms with van der Waals surface area (Å²) in [6, 6.07) is 6.06. The summed E-state index contributed by atoms with van der Waals surface area (Å²) < 4.78 is 0. The maximum absolute atomic E-state index is 12.3. The number of benzene rings is 1. The summed E-state index contributed by atoms with van der Waals surface area (Å²) in [5.41, 5.74) is 1.90. The second-order valence-electron chi connectivity index (χ2n) is 6.35. The van der Waals surface area contributed by atoms with Crippen molar-refractivity contribution in [3.05, 3.63) is 23.8 Å². The summed E-state index contributed by atoms with van der Waals surface area (Å²) in [7, 11) is 0. The highest BCUT2D eigenvalue weighted by Crippen LogP contribution is 2.27. The summed E-state index contributed by atoms with van der Waals surface area (Å²) in [4.78, 5) is 27.0. The van der Waals surface area contributed by atoms with Crippen molar-refractivity contribution in [2.45, 2.75) is 37.1 Å². The molecule has 124 valence electrons. The fourth-order valence-corrected chi connectivity index (χ4v) is 3.22. The normalized spacial score (nSPS) is 18.1. The summed E-state index contributed by atoms with van der Waals surface area (Å²) >= 11 is 1.65. The van der Waals surface area contributed by atoms with Crippen LogP contribution in [0.15, 0.2) is 23.1 Å². The van der Waals surface area contributed by atoms with E-state index in [1.807, 2.05) is 31.4 Å². The molecule has 0 aromatic heterocycles. The molecule has 1 saturated carbocycles. The van der Waals surface area contributed by atoms with Crippen molar-refractivity contribution in [2.75, 3.05) is 24.7 Å². The van der Waals surface area contributed by atoms with Crippen molar-refractivity contribution >= 4 is 29.4 Å². The number of aryl methyl sites for hydroxylation is 1. The van der Waals surface area contributed by atoms with Crippen LogP contribution in [0.5, 0.6) is 0 Å². The topological polar surface area (TPSA) is 61.4 Å². The van der Waals surface area contributed by atoms with Crippen molar-refractivity contribution in [3.8, 4) is 0 Å². The first kappa shape index (κ1) is 16.2. The van der Waals surface area contributed by atoms with Crippen LogP contribution in [0.3, 0.4) is 0 Å². The Hall–Kier alpha value is -1.69. The number of anilines is 1. The maximum atomic E-state index is 12.3. The Kier molecular flexibility index (Phi) is 4.80. The number of amides is 3. The molecule has 3 amide bonds. The quantitative estimate of drug-likeness (QED) is 0.833. The van der Waals surface area contributed by atoms with Crippen LogP contribution in [0, 0.1) is 12.8 Å². The number of hydrogen-bond acceptors (Lipinski definition) is 3. The Balaban J connectivity index is 1.48. The standard InChI is InChI=1S/C17H23N3O2S/c1-11-6-7-14(23-2)8-15(11)19-17(22)20-9-13(10-20)18-16(21)12-4-3-5-12/h6-8,12-13H,3-5,9-10H2,1-2H3,(H,18,21)(H,19,22). The van der Waals surface area contributed by atoms with Gasteiger partial charge >= 0.3 is 6.03 Å². The number of urea groups is 1. The molecular weight excluding hydrogens is 310 g/mol. The van der Waals surface area contributed by atoms with E-state index in [1.54, 1.807) is 16.7 Å². The molecule has 0 atom stereocenters. The summed E-state index contributed by atoms with van der Waals surface area (Å²) in [5, 5.41) is 6.00. The molecule has 0 unspecified atom stereocenters. The largest absolute Gasteiger partial charge is 0.350 e. The number of likely N-dealkylation sites (tertiary alicyclic amines) is 1. The molecule has 1 aliphatic carbocycles. The van der Waals surface area contributed by atoms with Gasteiger partial charge in [-0.25, -0.2) is 4.79 Å². The number of nitrogens with zero attached hydrogens (tertiary/aromatic N) is 1. The van der Waals surface area contributed by atoms with Crippen LogP contribution < -0.4 is 10.6 Å². The van der Waals surface area contributed by atoms with Gasteiger partial charge in [-0.3, -0.25) is 4.79 Å². The zero-order valence-corrected chi connectivity index (χ0v) is 14.4. The lowest BCUT2D eigenvalue weighted by atomic mass is 9.84. The number of thioether (sulfide) groups is 1. The lowest BCUT2D eigenvalue weighted by molar-refractivity contribution is -0.129. The van der Waals surface area contributed by atoms with Crippen LogP contribution in [0.2, 0.25) is 0 Å². The molecule has 2 fully saturated rings. The first-order chi connectivity index (χ1) is 11.1. The monoisotopic (exact) mass is 333 g/mol. The molecule has 1 aliphatic heterocycles. The number of rotatable bonds is 4. The van der Waals surface area contributed by atoms with Crippen LogP contribution >= 0.6 is 11.8 Å². The van der Waals surface area contributed by atoms with Gasteiger partial charge in [0, 0.05) is 29.6 Å². The van der Waals surface area contributed by atoms with Crippen molar-refractivity contribution < 1.29 is 9.59 Å². The summed E-state index contributed by atoms with van der Waals surface area (Å²) in [6.07, 6.45) is 5.19. The highest BCUT2D eigenvalue weighted by atomic mass is 32.2. The van der Waals surface area contributed by atoms with Gasteiger partial charge in [-0.2, -0.15) is 0 Å². The van der Waals surface area contributed by atoms with E-state index < -0.39 is 0 Å². The van der Waals surface area contributed by atoms with Crippen molar-refractivity contribution in [3.63, 3.8) is 0 Å². The Labute approximate surface area is 141 Å². The fourth-order valence-electron chi connectivity index (χ4n) is 2.78. The van der Waals surface area contributed by atoms with E-state index in [-0.39, 0.29) is 23.9 Å². The van der Waals surface area contributed by atoms with Gasteiger partial charge in [0.2, 0.25) is 5.91 Å². The molecule has 5 nitrogen and oxygen atoms in total. The minimum atomic E-state index is -0.0968. The predicted octanol–water partition coefficient (Wildman–Crippen LogP) is 2.85. The SMILES string of the molecule is CSc1ccc(C)c(NC(=O)N2CC(NC(=O)C3CCC3)C2)c1. The highest BCUT2D eigenvalue weighted by Gasteiger charge is 2.34. The molecule has 1 aromatic carbocycles. The third-order valence-electron chi connectivity index (χ3n) is 4.68. The van der Waals surface area contributed by atoms with Crippen LogP contribution in [0.1, 0.15) is 24.8 Å². The zero-order valence-electron chi connectivity index (χ0n) is 13.6. The molecule has 3 rings (SSSR count). The smallest absolute Gasteiger partial charge is 0.321 e. The Morgan fingerprint density at radius 2 is 2.00 bits per heavy atom. The van der Waals surface area contributed by atoms with Gasteiger partial charge in [-0.15, -0.1) is 11.8 Å². The average Bonchev–Trinajstić information content (AvgIpc) is 2.42. The molecule has 0 radical (unpaired) electrons. The Morgan fingerprint density at radius 1 is 1.26 bits per heavy atom. The van der Waals surface area contributed by atoms with E-state index in [4.69, 9.17) is 0 Å². The lowest BCUT2D eigenvalue weighted by Crippen LogP contribution is -2.62. The molecule has 0 spiro atoms. The van der Waals surface area contributed by atoms with Gasteiger partial charge in [0.15, 0.2) is 0 Å². The second kappa shape index (κ2) is 6.83. The molecule has 2 aliphatic rings. The second-order valence-corrected chi connectivity index (χ2v) is 7.23. The van der Waals surface area contributed by atoms with Gasteiger partial charge in [0.1, 0.15) is 0 Å². The van der Waals surface area contributed by atoms with E-state index in [2.05, 4.69) is 10.6 Å². The lowest BCUT2D eigenvalue weighted by Gasteiger charge is -2.40. The highest BCUT2D eigenvalue weighted by molar-refractivity contribution is 7.98. The van der Waals surface area contributed by atoms with E-state index in [9.17, 15) is 9.59 Å². The van der Waals surface area contributed by atoms with Gasteiger partial charge < -0.3 is 15.5 Å². The average molecular weight is 333 g/mol. The molecule has 1 heterocycles. The molecule has 1 aromatic rings. The van der Waals surface area contributed by atoms with Crippen molar-refractivity contribution in [1.29, 1.82) is 0 Å². The van der Waals surface area contributed by atoms with Crippen LogP contribution in [0.4, 0.5) is 10.5 Å². The fraction of sp³-hybridized carbons (Fsp3) is 0.529. The van der Waals surface area contributed by atoms with Gasteiger partial charge in [0.25, 0.3) is 0 Å². The minimum Gasteiger partial charge on any atom is -0.350 e. The van der Waals surface area contributed by atoms with Crippen LogP contribution in [-0.2, 0) is 4.79 Å². The first-order valence-corrected chi connectivity index (χ1v) is 9.30. The molecule has 1 saturated heterocycles. The number of nitrogens with one attached hydrogen (secondary N) is 2. The first-order valence-electron chi connectivity index (χ1n) is 8.08. The molecule has 23 heavy (non-hydrogen) atoms. The zero-order chi connectivity index (χ0) is 16.4. The van der Waals surface area contributed by atoms with E-state index in [0.29, 0.717) is 13.1 Å². The predicted molar refractivity (Wildman–Crippen MR) is 92.8 cm³/mol. The molecule has 0 bridgehead atoms. The third kappa shape index (κ3) is 3.63. The van der Waals surface area contributed by atoms with E-state index >= 15 is 0 Å². The van der Waals surface area contributed by atoms with Gasteiger partial charge in [-0.1, -0.05) is 12.5 Å². The van der Waals surface area contributed by atoms with Crippen LogP contribution in [0.25, 0.3) is 0 Å². The van der Waals surface area contributed by atoms with Crippen LogP contribution in [-0.4, -0.2) is 42.2 Å². The van der Waals surface area contributed by atoms with Gasteiger partial charge in [0.05, 0.1) is 6.04 Å². The summed E-state index contributed by atoms with van der Waals surface area (Å²) in [6.45, 7) is 3.16. The third-order valence-corrected chi connectivity index (χ3v) is 5.40. The maximum Gasteiger partial charge on any atom is 0.321 e. The van der Waals surface area contributed by atoms with Crippen molar-refractivity contribution in [2.24, 2.45) is 5.92 Å². The number of carbonyl (C=O) groups is 2. The summed E-state index contributed by atoms with van der Waals surface area (Å²) in [5.74, 6) is 0.361. The van der Waals surface area contributed by atoms with E-state index in [1.165, 1.54) is 0 Å². The van der Waals surface area contributed by atoms with Crippen molar-refractivity contribution in [1.82, 2.24) is 10.2 Å². The van der Waals surface area contributed by atoms with E-state index in [0.717, 1.165) is 35.4 Å². The Morgan fingerprint density at radius 3 is 2.61 bits per heavy atom. The Bertz CT molecular complexity index is 610. The molecule has 2 N–H and O–H groups in total. The molecule has 6 heteroatoms. The number of hydrogen-bond donors (Lipinski definition) is 2.